The fourth-order valence-electron chi connectivity index (χ4n) is 4.42. The zero-order valence-corrected chi connectivity index (χ0v) is 26.3. The monoisotopic (exact) mass is 635 g/mol. The molecule has 3 N–H and O–H groups in total. The van der Waals surface area contributed by atoms with Crippen molar-refractivity contribution in [1.82, 2.24) is 26.1 Å². The summed E-state index contributed by atoms with van der Waals surface area (Å²) in [7, 11) is 0. The van der Waals surface area contributed by atoms with E-state index in [9.17, 15) is 19.2 Å². The Balaban J connectivity index is 1.50. The Morgan fingerprint density at radius 3 is 2.44 bits per heavy atom. The van der Waals surface area contributed by atoms with E-state index < -0.39 is 46.7 Å². The van der Waals surface area contributed by atoms with Gasteiger partial charge in [-0.25, -0.2) is 5.43 Å². The lowest BCUT2D eigenvalue weighted by molar-refractivity contribution is -0.152. The lowest BCUT2D eigenvalue weighted by Crippen LogP contribution is -2.61. The molecule has 234 valence electrons. The van der Waals surface area contributed by atoms with Gasteiger partial charge in [-0.1, -0.05) is 26.8 Å². The first-order valence-electron chi connectivity index (χ1n) is 14.3. The molecule has 1 fully saturated rings. The highest BCUT2D eigenvalue weighted by molar-refractivity contribution is 6.44. The van der Waals surface area contributed by atoms with Gasteiger partial charge in [0.2, 0.25) is 5.91 Å². The van der Waals surface area contributed by atoms with E-state index in [-0.39, 0.29) is 19.1 Å². The van der Waals surface area contributed by atoms with Crippen molar-refractivity contribution in [1.29, 1.82) is 0 Å². The standard InChI is InChI=1S/C30H39Cl2N5O6/c1-5-21-8-6-9-23(34-21)20-11-13-22(14-12-20)42-17-26(38)35-27(18(2)3)28(39)33-19(4)29(40)37-15-7-10-24(36-37)30(41)43-16-25(31)32/h6,8-9,11-14,18-19,24-25,27,36H,5,7,10,15-17H2,1-4H3,(H,33,39)(H,35,38). The molecule has 0 bridgehead atoms. The van der Waals surface area contributed by atoms with E-state index in [1.165, 1.54) is 11.9 Å². The van der Waals surface area contributed by atoms with Crippen LogP contribution in [0.15, 0.2) is 42.5 Å². The van der Waals surface area contributed by atoms with E-state index >= 15 is 0 Å². The van der Waals surface area contributed by atoms with Gasteiger partial charge in [0, 0.05) is 17.8 Å². The summed E-state index contributed by atoms with van der Waals surface area (Å²) >= 11 is 11.2. The van der Waals surface area contributed by atoms with Crippen molar-refractivity contribution in [2.75, 3.05) is 19.8 Å². The van der Waals surface area contributed by atoms with E-state index in [0.717, 1.165) is 23.4 Å². The van der Waals surface area contributed by atoms with Gasteiger partial charge in [0.15, 0.2) is 6.61 Å². The first-order chi connectivity index (χ1) is 20.5. The van der Waals surface area contributed by atoms with E-state index in [4.69, 9.17) is 32.7 Å². The van der Waals surface area contributed by atoms with Crippen LogP contribution in [0.2, 0.25) is 0 Å². The number of nitrogens with zero attached hydrogens (tertiary/aromatic N) is 2. The van der Waals surface area contributed by atoms with Gasteiger partial charge in [0.1, 0.15) is 35.3 Å². The molecule has 0 spiro atoms. The minimum Gasteiger partial charge on any atom is -0.484 e. The summed E-state index contributed by atoms with van der Waals surface area (Å²) in [4.78, 5) is 54.8. The Bertz CT molecular complexity index is 1260. The van der Waals surface area contributed by atoms with Crippen LogP contribution in [0.5, 0.6) is 5.75 Å². The second kappa shape index (κ2) is 16.4. The molecule has 11 nitrogen and oxygen atoms in total. The summed E-state index contributed by atoms with van der Waals surface area (Å²) in [5.74, 6) is -1.77. The molecule has 3 atom stereocenters. The Labute approximate surface area is 261 Å². The number of hydrogen-bond donors (Lipinski definition) is 3. The van der Waals surface area contributed by atoms with Gasteiger partial charge in [-0.2, -0.15) is 0 Å². The number of benzene rings is 1. The summed E-state index contributed by atoms with van der Waals surface area (Å²) in [6.07, 6.45) is 1.87. The molecule has 1 aromatic carbocycles. The number of pyridine rings is 1. The number of carbonyl (C=O) groups is 4. The lowest BCUT2D eigenvalue weighted by atomic mass is 10.0. The van der Waals surface area contributed by atoms with Gasteiger partial charge in [-0.3, -0.25) is 29.2 Å². The molecule has 1 aliphatic rings. The van der Waals surface area contributed by atoms with E-state index in [2.05, 4.69) is 21.0 Å². The highest BCUT2D eigenvalue weighted by atomic mass is 35.5. The number of alkyl halides is 2. The Morgan fingerprint density at radius 1 is 1.07 bits per heavy atom. The molecule has 1 aromatic heterocycles. The van der Waals surface area contributed by atoms with Crippen LogP contribution in [-0.4, -0.2) is 76.4 Å². The largest absolute Gasteiger partial charge is 0.484 e. The van der Waals surface area contributed by atoms with Crippen LogP contribution in [0.3, 0.4) is 0 Å². The van der Waals surface area contributed by atoms with Crippen LogP contribution in [0, 0.1) is 5.92 Å². The first kappa shape index (κ1) is 34.1. The van der Waals surface area contributed by atoms with Crippen LogP contribution in [0.4, 0.5) is 0 Å². The van der Waals surface area contributed by atoms with Crippen molar-refractivity contribution >= 4 is 46.9 Å². The normalized spacial score (nSPS) is 16.4. The quantitative estimate of drug-likeness (QED) is 0.225. The number of hydrazine groups is 1. The summed E-state index contributed by atoms with van der Waals surface area (Å²) in [5, 5.41) is 6.65. The Kier molecular flexibility index (Phi) is 13.0. The minimum absolute atomic E-state index is 0.161. The smallest absolute Gasteiger partial charge is 0.325 e. The molecule has 3 rings (SSSR count). The number of ether oxygens (including phenoxy) is 2. The molecule has 13 heteroatoms. The number of amides is 3. The lowest BCUT2D eigenvalue weighted by Gasteiger charge is -2.34. The van der Waals surface area contributed by atoms with Crippen LogP contribution in [0.25, 0.3) is 11.3 Å². The predicted molar refractivity (Wildman–Crippen MR) is 163 cm³/mol. The van der Waals surface area contributed by atoms with E-state index in [1.54, 1.807) is 26.0 Å². The van der Waals surface area contributed by atoms with Crippen molar-refractivity contribution in [2.45, 2.75) is 69.9 Å². The van der Waals surface area contributed by atoms with Crippen LogP contribution < -0.4 is 20.8 Å². The van der Waals surface area contributed by atoms with Crippen molar-refractivity contribution in [3.8, 4) is 17.0 Å². The predicted octanol–water partition coefficient (Wildman–Crippen LogP) is 3.18. The highest BCUT2D eigenvalue weighted by Gasteiger charge is 2.33. The second-order valence-electron chi connectivity index (χ2n) is 10.5. The zero-order valence-electron chi connectivity index (χ0n) is 24.8. The Morgan fingerprint density at radius 2 is 1.79 bits per heavy atom. The van der Waals surface area contributed by atoms with Gasteiger partial charge < -0.3 is 20.1 Å². The molecule has 1 saturated heterocycles. The third-order valence-corrected chi connectivity index (χ3v) is 7.02. The van der Waals surface area contributed by atoms with Crippen LogP contribution in [0.1, 0.15) is 46.2 Å². The van der Waals surface area contributed by atoms with Gasteiger partial charge in [-0.15, -0.1) is 23.2 Å². The van der Waals surface area contributed by atoms with Gasteiger partial charge in [-0.05, 0) is 68.5 Å². The molecule has 0 saturated carbocycles. The molecule has 0 aliphatic carbocycles. The molecule has 2 heterocycles. The third kappa shape index (κ3) is 10.4. The fraction of sp³-hybridized carbons (Fsp3) is 0.500. The number of aromatic nitrogens is 1. The number of rotatable bonds is 13. The molecule has 0 radical (unpaired) electrons. The summed E-state index contributed by atoms with van der Waals surface area (Å²) in [5.41, 5.74) is 5.63. The van der Waals surface area contributed by atoms with Crippen molar-refractivity contribution < 1.29 is 28.7 Å². The molecule has 1 aliphatic heterocycles. The maximum absolute atomic E-state index is 13.1. The maximum Gasteiger partial charge on any atom is 0.325 e. The second-order valence-corrected chi connectivity index (χ2v) is 11.8. The molecular weight excluding hydrogens is 597 g/mol. The van der Waals surface area contributed by atoms with E-state index in [0.29, 0.717) is 25.1 Å². The average molecular weight is 637 g/mol. The zero-order chi connectivity index (χ0) is 31.5. The molecule has 3 unspecified atom stereocenters. The molecular formula is C30H39Cl2N5O6. The number of esters is 1. The van der Waals surface area contributed by atoms with Gasteiger partial charge >= 0.3 is 5.97 Å². The maximum atomic E-state index is 13.1. The van der Waals surface area contributed by atoms with Gasteiger partial charge in [0.05, 0.1) is 5.69 Å². The van der Waals surface area contributed by atoms with Crippen molar-refractivity contribution in [2.24, 2.45) is 5.92 Å². The molecule has 3 amide bonds. The summed E-state index contributed by atoms with van der Waals surface area (Å²) < 4.78 is 10.7. The first-order valence-corrected chi connectivity index (χ1v) is 15.2. The topological polar surface area (TPSA) is 139 Å². The minimum atomic E-state index is -0.926. The average Bonchev–Trinajstić information content (AvgIpc) is 3.01. The SMILES string of the molecule is CCc1cccc(-c2ccc(OCC(=O)NC(C(=O)NC(C)C(=O)N3CCCC(C(=O)OCC(Cl)Cl)N3)C(C)C)cc2)n1. The van der Waals surface area contributed by atoms with Crippen molar-refractivity contribution in [3.63, 3.8) is 0 Å². The number of hydrogen-bond acceptors (Lipinski definition) is 8. The highest BCUT2D eigenvalue weighted by Crippen LogP contribution is 2.21. The van der Waals surface area contributed by atoms with Crippen LogP contribution in [-0.2, 0) is 30.3 Å². The summed E-state index contributed by atoms with van der Waals surface area (Å²) in [6, 6.07) is 10.6. The fourth-order valence-corrected chi connectivity index (χ4v) is 4.54. The molecule has 43 heavy (non-hydrogen) atoms. The van der Waals surface area contributed by atoms with Crippen molar-refractivity contribution in [3.05, 3.63) is 48.2 Å². The Hall–Kier alpha value is -3.41. The third-order valence-electron chi connectivity index (χ3n) is 6.77. The van der Waals surface area contributed by atoms with E-state index in [1.807, 2.05) is 37.3 Å². The number of nitrogens with one attached hydrogen (secondary N) is 3. The number of carbonyl (C=O) groups excluding carboxylic acids is 4. The molecule has 2 aromatic rings. The number of halogens is 2. The van der Waals surface area contributed by atoms with Gasteiger partial charge in [0.25, 0.3) is 11.8 Å². The summed E-state index contributed by atoms with van der Waals surface area (Å²) in [6.45, 7) is 7.05. The van der Waals surface area contributed by atoms with Crippen LogP contribution >= 0.6 is 23.2 Å². The number of aryl methyl sites for hydroxylation is 1.